The van der Waals surface area contributed by atoms with Crippen LogP contribution >= 0.6 is 0 Å². The van der Waals surface area contributed by atoms with Gasteiger partial charge in [0.05, 0.1) is 18.9 Å². The van der Waals surface area contributed by atoms with Crippen molar-refractivity contribution in [1.82, 2.24) is 0 Å². The largest absolute Gasteiger partial charge is 0.481 e. The lowest BCUT2D eigenvalue weighted by atomic mass is 9.83. The summed E-state index contributed by atoms with van der Waals surface area (Å²) in [5, 5.41) is 8.68. The Morgan fingerprint density at radius 2 is 1.92 bits per heavy atom. The van der Waals surface area contributed by atoms with E-state index in [9.17, 15) is 9.59 Å². The van der Waals surface area contributed by atoms with E-state index in [2.05, 4.69) is 4.74 Å². The normalized spacial score (nSPS) is 19.8. The minimum atomic E-state index is -0.924. The van der Waals surface area contributed by atoms with Crippen molar-refractivity contribution in [2.75, 3.05) is 7.11 Å². The Hall–Kier alpha value is -1.06. The highest BCUT2D eigenvalue weighted by atomic mass is 16.5. The molecule has 0 atom stereocenters. The van der Waals surface area contributed by atoms with Crippen LogP contribution in [0.3, 0.4) is 0 Å². The molecule has 0 bridgehead atoms. The van der Waals surface area contributed by atoms with Gasteiger partial charge >= 0.3 is 11.9 Å². The Kier molecular flexibility index (Phi) is 2.90. The molecule has 0 heterocycles. The first-order valence-electron chi connectivity index (χ1n) is 4.41. The molecule has 1 rings (SSSR count). The maximum absolute atomic E-state index is 11.4. The molecule has 4 nitrogen and oxygen atoms in total. The van der Waals surface area contributed by atoms with Gasteiger partial charge in [-0.25, -0.2) is 0 Å². The predicted molar refractivity (Wildman–Crippen MR) is 45.2 cm³/mol. The number of hydrogen-bond acceptors (Lipinski definition) is 3. The molecule has 0 saturated heterocycles. The average Bonchev–Trinajstić information content (AvgIpc) is 2.51. The fourth-order valence-electron chi connectivity index (χ4n) is 2.01. The number of methoxy groups -OCH3 is 1. The van der Waals surface area contributed by atoms with Gasteiger partial charge in [0.15, 0.2) is 0 Å². The second-order valence-corrected chi connectivity index (χ2v) is 3.55. The number of hydrogen-bond donors (Lipinski definition) is 1. The molecule has 1 aliphatic carbocycles. The van der Waals surface area contributed by atoms with Crippen molar-refractivity contribution < 1.29 is 19.4 Å². The van der Waals surface area contributed by atoms with Crippen LogP contribution < -0.4 is 0 Å². The van der Waals surface area contributed by atoms with Crippen molar-refractivity contribution in [3.8, 4) is 0 Å². The molecule has 13 heavy (non-hydrogen) atoms. The SMILES string of the molecule is COC(=O)C1(CC(=O)O)CCCC1. The summed E-state index contributed by atoms with van der Waals surface area (Å²) in [6, 6.07) is 0. The summed E-state index contributed by atoms with van der Waals surface area (Å²) in [4.78, 5) is 22.0. The van der Waals surface area contributed by atoms with E-state index in [0.29, 0.717) is 12.8 Å². The van der Waals surface area contributed by atoms with Crippen molar-refractivity contribution in [1.29, 1.82) is 0 Å². The van der Waals surface area contributed by atoms with E-state index in [1.165, 1.54) is 7.11 Å². The summed E-state index contributed by atoms with van der Waals surface area (Å²) in [5.74, 6) is -1.29. The van der Waals surface area contributed by atoms with Gasteiger partial charge in [-0.1, -0.05) is 12.8 Å². The third-order valence-corrected chi connectivity index (χ3v) is 2.67. The Bertz CT molecular complexity index is 216. The van der Waals surface area contributed by atoms with Crippen LogP contribution in [0.4, 0.5) is 0 Å². The molecular weight excluding hydrogens is 172 g/mol. The Labute approximate surface area is 76.9 Å². The summed E-state index contributed by atoms with van der Waals surface area (Å²) in [5.41, 5.74) is -0.736. The van der Waals surface area contributed by atoms with Crippen LogP contribution in [0.15, 0.2) is 0 Å². The third-order valence-electron chi connectivity index (χ3n) is 2.67. The standard InChI is InChI=1S/C9H14O4/c1-13-8(12)9(6-7(10)11)4-2-3-5-9/h2-6H2,1H3,(H,10,11). The zero-order valence-corrected chi connectivity index (χ0v) is 7.71. The van der Waals surface area contributed by atoms with Crippen molar-refractivity contribution in [3.63, 3.8) is 0 Å². The van der Waals surface area contributed by atoms with E-state index in [0.717, 1.165) is 12.8 Å². The predicted octanol–water partition coefficient (Wildman–Crippen LogP) is 1.19. The van der Waals surface area contributed by atoms with Gasteiger partial charge in [0.1, 0.15) is 0 Å². The summed E-state index contributed by atoms with van der Waals surface area (Å²) in [7, 11) is 1.31. The van der Waals surface area contributed by atoms with Gasteiger partial charge in [-0.3, -0.25) is 9.59 Å². The molecule has 1 saturated carbocycles. The molecule has 0 radical (unpaired) electrons. The molecule has 1 N–H and O–H groups in total. The fraction of sp³-hybridized carbons (Fsp3) is 0.778. The van der Waals surface area contributed by atoms with Gasteiger partial charge in [-0.15, -0.1) is 0 Å². The minimum Gasteiger partial charge on any atom is -0.481 e. The highest BCUT2D eigenvalue weighted by molar-refractivity contribution is 5.83. The molecule has 4 heteroatoms. The van der Waals surface area contributed by atoms with Crippen molar-refractivity contribution >= 4 is 11.9 Å². The number of ether oxygens (including phenoxy) is 1. The van der Waals surface area contributed by atoms with Crippen LogP contribution in [0.5, 0.6) is 0 Å². The third kappa shape index (κ3) is 1.99. The van der Waals surface area contributed by atoms with Crippen LogP contribution in [-0.2, 0) is 14.3 Å². The van der Waals surface area contributed by atoms with Gasteiger partial charge < -0.3 is 9.84 Å². The molecule has 0 aromatic heterocycles. The number of rotatable bonds is 3. The smallest absolute Gasteiger partial charge is 0.312 e. The Morgan fingerprint density at radius 1 is 1.38 bits per heavy atom. The van der Waals surface area contributed by atoms with E-state index in [4.69, 9.17) is 5.11 Å². The quantitative estimate of drug-likeness (QED) is 0.672. The molecule has 1 aliphatic rings. The van der Waals surface area contributed by atoms with Crippen LogP contribution in [0.25, 0.3) is 0 Å². The molecule has 0 unspecified atom stereocenters. The minimum absolute atomic E-state index is 0.0975. The number of carbonyl (C=O) groups is 2. The van der Waals surface area contributed by atoms with Crippen LogP contribution in [0.1, 0.15) is 32.1 Å². The molecular formula is C9H14O4. The van der Waals surface area contributed by atoms with Crippen LogP contribution in [0, 0.1) is 5.41 Å². The van der Waals surface area contributed by atoms with Crippen molar-refractivity contribution in [2.24, 2.45) is 5.41 Å². The number of carboxylic acids is 1. The van der Waals surface area contributed by atoms with E-state index in [1.54, 1.807) is 0 Å². The summed E-state index contributed by atoms with van der Waals surface area (Å²) < 4.78 is 4.64. The average molecular weight is 186 g/mol. The topological polar surface area (TPSA) is 63.6 Å². The molecule has 0 aliphatic heterocycles. The van der Waals surface area contributed by atoms with E-state index < -0.39 is 11.4 Å². The highest BCUT2D eigenvalue weighted by Crippen LogP contribution is 2.42. The maximum atomic E-state index is 11.4. The number of esters is 1. The number of carboxylic acid groups (broad SMARTS) is 1. The van der Waals surface area contributed by atoms with Crippen molar-refractivity contribution in [3.05, 3.63) is 0 Å². The molecule has 0 aromatic rings. The van der Waals surface area contributed by atoms with Gasteiger partial charge in [0.25, 0.3) is 0 Å². The highest BCUT2D eigenvalue weighted by Gasteiger charge is 2.43. The van der Waals surface area contributed by atoms with Crippen LogP contribution in [-0.4, -0.2) is 24.2 Å². The molecule has 0 spiro atoms. The second-order valence-electron chi connectivity index (χ2n) is 3.55. The van der Waals surface area contributed by atoms with Gasteiger partial charge in [-0.05, 0) is 12.8 Å². The van der Waals surface area contributed by atoms with Crippen molar-refractivity contribution in [2.45, 2.75) is 32.1 Å². The Balaban J connectivity index is 2.74. The number of carbonyl (C=O) groups excluding carboxylic acids is 1. The van der Waals surface area contributed by atoms with Crippen LogP contribution in [0.2, 0.25) is 0 Å². The first-order chi connectivity index (χ1) is 6.10. The first kappa shape index (κ1) is 10.0. The van der Waals surface area contributed by atoms with E-state index >= 15 is 0 Å². The van der Waals surface area contributed by atoms with Gasteiger partial charge in [0, 0.05) is 0 Å². The number of aliphatic carboxylic acids is 1. The summed E-state index contributed by atoms with van der Waals surface area (Å²) in [6.45, 7) is 0. The van der Waals surface area contributed by atoms with E-state index in [1.807, 2.05) is 0 Å². The maximum Gasteiger partial charge on any atom is 0.312 e. The molecule has 0 amide bonds. The van der Waals surface area contributed by atoms with Gasteiger partial charge in [0.2, 0.25) is 0 Å². The Morgan fingerprint density at radius 3 is 2.31 bits per heavy atom. The second kappa shape index (κ2) is 3.77. The van der Waals surface area contributed by atoms with Gasteiger partial charge in [-0.2, -0.15) is 0 Å². The fourth-order valence-corrected chi connectivity index (χ4v) is 2.01. The molecule has 0 aromatic carbocycles. The lowest BCUT2D eigenvalue weighted by Crippen LogP contribution is -2.31. The lowest BCUT2D eigenvalue weighted by Gasteiger charge is -2.23. The summed E-state index contributed by atoms with van der Waals surface area (Å²) >= 11 is 0. The zero-order chi connectivity index (χ0) is 9.90. The zero-order valence-electron chi connectivity index (χ0n) is 7.71. The summed E-state index contributed by atoms with van der Waals surface area (Å²) in [6.07, 6.45) is 3.03. The van der Waals surface area contributed by atoms with E-state index in [-0.39, 0.29) is 12.4 Å². The lowest BCUT2D eigenvalue weighted by molar-refractivity contribution is -0.158. The first-order valence-corrected chi connectivity index (χ1v) is 4.41. The molecule has 1 fully saturated rings. The molecule has 74 valence electrons. The monoisotopic (exact) mass is 186 g/mol.